The molecular formula is C25H23N3O3. The predicted octanol–water partition coefficient (Wildman–Crippen LogP) is 3.90. The molecule has 1 aromatic heterocycles. The summed E-state index contributed by atoms with van der Waals surface area (Å²) in [6.45, 7) is 0.106. The molecule has 6 nitrogen and oxygen atoms in total. The fraction of sp³-hybridized carbons (Fsp3) is 0.120. The Labute approximate surface area is 179 Å². The first-order valence-electron chi connectivity index (χ1n) is 10.1. The number of carbonyl (C=O) groups excluding carboxylic acids is 1. The first-order chi connectivity index (χ1) is 15.1. The van der Waals surface area contributed by atoms with E-state index >= 15 is 0 Å². The van der Waals surface area contributed by atoms with Crippen molar-refractivity contribution in [2.45, 2.75) is 6.42 Å². The monoisotopic (exact) mass is 413 g/mol. The van der Waals surface area contributed by atoms with Crippen LogP contribution < -0.4 is 16.2 Å². The number of carbonyl (C=O) groups is 1. The van der Waals surface area contributed by atoms with Gasteiger partial charge in [-0.25, -0.2) is 4.79 Å². The normalized spacial score (nSPS) is 10.7. The molecule has 6 heteroatoms. The molecule has 156 valence electrons. The number of nitrogens with one attached hydrogen (secondary N) is 3. The van der Waals surface area contributed by atoms with Gasteiger partial charge in [-0.15, -0.1) is 0 Å². The number of hydrogen-bond acceptors (Lipinski definition) is 3. The van der Waals surface area contributed by atoms with E-state index < -0.39 is 0 Å². The molecule has 0 radical (unpaired) electrons. The highest BCUT2D eigenvalue weighted by Gasteiger charge is 2.07. The molecule has 0 aliphatic rings. The molecule has 0 spiro atoms. The van der Waals surface area contributed by atoms with E-state index in [4.69, 9.17) is 5.11 Å². The second-order valence-corrected chi connectivity index (χ2v) is 7.26. The molecule has 4 rings (SSSR count). The quantitative estimate of drug-likeness (QED) is 0.386. The zero-order valence-electron chi connectivity index (χ0n) is 16.9. The first kappa shape index (κ1) is 20.4. The largest absolute Gasteiger partial charge is 0.395 e. The van der Waals surface area contributed by atoms with Gasteiger partial charge in [-0.2, -0.15) is 0 Å². The van der Waals surface area contributed by atoms with Crippen molar-refractivity contribution in [2.75, 3.05) is 18.5 Å². The van der Waals surface area contributed by atoms with Gasteiger partial charge in [0.15, 0.2) is 0 Å². The van der Waals surface area contributed by atoms with Crippen molar-refractivity contribution in [2.24, 2.45) is 0 Å². The van der Waals surface area contributed by atoms with Crippen LogP contribution in [-0.4, -0.2) is 29.3 Å². The van der Waals surface area contributed by atoms with Gasteiger partial charge in [0.25, 0.3) is 0 Å². The minimum Gasteiger partial charge on any atom is -0.395 e. The maximum absolute atomic E-state index is 12.0. The number of H-pyrrole nitrogens is 1. The number of aromatic amines is 1. The van der Waals surface area contributed by atoms with Crippen LogP contribution in [0.2, 0.25) is 0 Å². The highest BCUT2D eigenvalue weighted by atomic mass is 16.3. The number of aromatic nitrogens is 1. The second kappa shape index (κ2) is 9.28. The molecule has 4 N–H and O–H groups in total. The van der Waals surface area contributed by atoms with Crippen molar-refractivity contribution in [3.05, 3.63) is 100 Å². The smallest absolute Gasteiger partial charge is 0.319 e. The van der Waals surface area contributed by atoms with Crippen LogP contribution in [-0.2, 0) is 6.42 Å². The van der Waals surface area contributed by atoms with Gasteiger partial charge in [-0.1, -0.05) is 54.6 Å². The standard InChI is InChI=1S/C25H23N3O3/c29-13-12-26-25(31)27-21-10-8-18(9-11-21)19-5-3-4-17(14-19)15-20-16-24(30)28-23-7-2-1-6-22(20)23/h1-11,14,16,29H,12-13,15H2,(H,28,30)(H2,26,27,31). The molecule has 0 aliphatic heterocycles. The Kier molecular flexibility index (Phi) is 6.10. The molecule has 3 aromatic carbocycles. The zero-order chi connectivity index (χ0) is 21.6. The summed E-state index contributed by atoms with van der Waals surface area (Å²) in [4.78, 5) is 26.6. The lowest BCUT2D eigenvalue weighted by Crippen LogP contribution is -2.30. The third kappa shape index (κ3) is 4.99. The molecule has 4 aromatic rings. The van der Waals surface area contributed by atoms with Crippen LogP contribution in [0.1, 0.15) is 11.1 Å². The van der Waals surface area contributed by atoms with Crippen LogP contribution in [0.5, 0.6) is 0 Å². The molecule has 1 heterocycles. The van der Waals surface area contributed by atoms with E-state index in [0.29, 0.717) is 12.1 Å². The number of fused-ring (bicyclic) bond motifs is 1. The summed E-state index contributed by atoms with van der Waals surface area (Å²) in [5.74, 6) is 0. The van der Waals surface area contributed by atoms with Gasteiger partial charge >= 0.3 is 6.03 Å². The minimum absolute atomic E-state index is 0.101. The summed E-state index contributed by atoms with van der Waals surface area (Å²) in [5, 5.41) is 15.1. The van der Waals surface area contributed by atoms with Crippen LogP contribution >= 0.6 is 0 Å². The molecule has 0 saturated heterocycles. The molecule has 0 bridgehead atoms. The zero-order valence-corrected chi connectivity index (χ0v) is 16.9. The van der Waals surface area contributed by atoms with E-state index in [9.17, 15) is 9.59 Å². The third-order valence-corrected chi connectivity index (χ3v) is 5.03. The van der Waals surface area contributed by atoms with Crippen molar-refractivity contribution in [3.8, 4) is 11.1 Å². The summed E-state index contributed by atoms with van der Waals surface area (Å²) in [7, 11) is 0. The molecular weight excluding hydrogens is 390 g/mol. The van der Waals surface area contributed by atoms with E-state index in [-0.39, 0.29) is 24.7 Å². The SMILES string of the molecule is O=C(NCCO)Nc1ccc(-c2cccc(Cc3cc(=O)[nH]c4ccccc34)c2)cc1. The number of hydrogen-bond donors (Lipinski definition) is 4. The topological polar surface area (TPSA) is 94.2 Å². The Hall–Kier alpha value is -3.90. The lowest BCUT2D eigenvalue weighted by molar-refractivity contribution is 0.245. The van der Waals surface area contributed by atoms with Crippen molar-refractivity contribution < 1.29 is 9.90 Å². The number of urea groups is 1. The molecule has 0 saturated carbocycles. The van der Waals surface area contributed by atoms with E-state index in [1.165, 1.54) is 0 Å². The number of anilines is 1. The van der Waals surface area contributed by atoms with E-state index in [1.807, 2.05) is 60.7 Å². The Morgan fingerprint density at radius 2 is 1.71 bits per heavy atom. The second-order valence-electron chi connectivity index (χ2n) is 7.26. The van der Waals surface area contributed by atoms with Gasteiger partial charge in [-0.3, -0.25) is 4.79 Å². The highest BCUT2D eigenvalue weighted by molar-refractivity contribution is 5.89. The Balaban J connectivity index is 1.54. The average molecular weight is 413 g/mol. The van der Waals surface area contributed by atoms with E-state index in [0.717, 1.165) is 33.2 Å². The molecule has 31 heavy (non-hydrogen) atoms. The maximum atomic E-state index is 12.0. The van der Waals surface area contributed by atoms with Crippen LogP contribution in [0.3, 0.4) is 0 Å². The minimum atomic E-state index is -0.353. The summed E-state index contributed by atoms with van der Waals surface area (Å²) < 4.78 is 0. The molecule has 2 amide bonds. The Morgan fingerprint density at radius 1 is 0.903 bits per heavy atom. The number of pyridine rings is 1. The van der Waals surface area contributed by atoms with Crippen molar-refractivity contribution in [1.82, 2.24) is 10.3 Å². The van der Waals surface area contributed by atoms with E-state index in [2.05, 4.69) is 27.8 Å². The molecule has 0 fully saturated rings. The van der Waals surface area contributed by atoms with Crippen molar-refractivity contribution in [1.29, 1.82) is 0 Å². The summed E-state index contributed by atoms with van der Waals surface area (Å²) >= 11 is 0. The lowest BCUT2D eigenvalue weighted by Gasteiger charge is -2.10. The Morgan fingerprint density at radius 3 is 2.52 bits per heavy atom. The summed E-state index contributed by atoms with van der Waals surface area (Å²) in [6.07, 6.45) is 0.656. The third-order valence-electron chi connectivity index (χ3n) is 5.03. The van der Waals surface area contributed by atoms with Crippen LogP contribution in [0.4, 0.5) is 10.5 Å². The van der Waals surface area contributed by atoms with Crippen molar-refractivity contribution in [3.63, 3.8) is 0 Å². The average Bonchev–Trinajstić information content (AvgIpc) is 2.78. The molecule has 0 atom stereocenters. The molecule has 0 unspecified atom stereocenters. The van der Waals surface area contributed by atoms with Gasteiger partial charge in [0.05, 0.1) is 6.61 Å². The summed E-state index contributed by atoms with van der Waals surface area (Å²) in [6, 6.07) is 24.9. The van der Waals surface area contributed by atoms with E-state index in [1.54, 1.807) is 6.07 Å². The lowest BCUT2D eigenvalue weighted by atomic mass is 9.97. The number of aliphatic hydroxyl groups is 1. The maximum Gasteiger partial charge on any atom is 0.319 e. The highest BCUT2D eigenvalue weighted by Crippen LogP contribution is 2.25. The number of para-hydroxylation sites is 1. The number of amides is 2. The van der Waals surface area contributed by atoms with Gasteiger partial charge < -0.3 is 20.7 Å². The fourth-order valence-corrected chi connectivity index (χ4v) is 3.59. The van der Waals surface area contributed by atoms with Crippen LogP contribution in [0, 0.1) is 0 Å². The van der Waals surface area contributed by atoms with Gasteiger partial charge in [0, 0.05) is 29.2 Å². The summed E-state index contributed by atoms with van der Waals surface area (Å²) in [5.41, 5.74) is 5.60. The van der Waals surface area contributed by atoms with Crippen LogP contribution in [0.15, 0.2) is 83.7 Å². The van der Waals surface area contributed by atoms with Gasteiger partial charge in [-0.05, 0) is 46.9 Å². The fourth-order valence-electron chi connectivity index (χ4n) is 3.59. The number of aliphatic hydroxyl groups excluding tert-OH is 1. The molecule has 0 aliphatic carbocycles. The first-order valence-corrected chi connectivity index (χ1v) is 10.1. The van der Waals surface area contributed by atoms with Crippen molar-refractivity contribution >= 4 is 22.6 Å². The van der Waals surface area contributed by atoms with Gasteiger partial charge in [0.2, 0.25) is 5.56 Å². The van der Waals surface area contributed by atoms with Gasteiger partial charge in [0.1, 0.15) is 0 Å². The van der Waals surface area contributed by atoms with Crippen LogP contribution in [0.25, 0.3) is 22.0 Å². The number of benzene rings is 3. The number of rotatable bonds is 6. The predicted molar refractivity (Wildman–Crippen MR) is 123 cm³/mol. The Bertz CT molecular complexity index is 1260.